The fourth-order valence-electron chi connectivity index (χ4n) is 4.45. The number of carboxylic acids is 1. The second kappa shape index (κ2) is 9.51. The molecule has 178 valence electrons. The van der Waals surface area contributed by atoms with Gasteiger partial charge in [0.05, 0.1) is 18.5 Å². The molecule has 8 nitrogen and oxygen atoms in total. The summed E-state index contributed by atoms with van der Waals surface area (Å²) in [6.45, 7) is 2.10. The number of aryl methyl sites for hydroxylation is 1. The first-order chi connectivity index (χ1) is 15.7. The van der Waals surface area contributed by atoms with Crippen molar-refractivity contribution in [2.24, 2.45) is 0 Å². The van der Waals surface area contributed by atoms with Crippen LogP contribution in [0.15, 0.2) is 42.5 Å². The second-order valence-electron chi connectivity index (χ2n) is 8.61. The van der Waals surface area contributed by atoms with E-state index in [1.54, 1.807) is 12.1 Å². The lowest BCUT2D eigenvalue weighted by atomic mass is 10.0. The second-order valence-corrected chi connectivity index (χ2v) is 10.2. The van der Waals surface area contributed by atoms with Crippen molar-refractivity contribution in [2.75, 3.05) is 30.9 Å². The quantitative estimate of drug-likeness (QED) is 0.549. The molecule has 0 spiro atoms. The summed E-state index contributed by atoms with van der Waals surface area (Å²) in [4.78, 5) is 13.9. The molecule has 9 heteroatoms. The van der Waals surface area contributed by atoms with Crippen LogP contribution < -0.4 is 18.6 Å². The lowest BCUT2D eigenvalue weighted by molar-refractivity contribution is -0.154. The minimum Gasteiger partial charge on any atom is -0.489 e. The number of benzene rings is 2. The predicted molar refractivity (Wildman–Crippen MR) is 124 cm³/mol. The van der Waals surface area contributed by atoms with E-state index in [1.165, 1.54) is 0 Å². The van der Waals surface area contributed by atoms with Crippen LogP contribution in [-0.4, -0.2) is 51.0 Å². The molecular formula is C24H29NO7S. The highest BCUT2D eigenvalue weighted by Crippen LogP contribution is 2.36. The number of hydrogen-bond donors (Lipinski definition) is 1. The first-order valence-corrected chi connectivity index (χ1v) is 13.0. The smallest absolute Gasteiger partial charge is 0.348 e. The van der Waals surface area contributed by atoms with Gasteiger partial charge in [-0.05, 0) is 68.4 Å². The third-order valence-corrected chi connectivity index (χ3v) is 6.56. The summed E-state index contributed by atoms with van der Waals surface area (Å²) in [5.41, 5.74) is 0.988. The Labute approximate surface area is 194 Å². The monoisotopic (exact) mass is 475 g/mol. The Morgan fingerprint density at radius 2 is 1.82 bits per heavy atom. The first-order valence-electron chi connectivity index (χ1n) is 11.2. The molecule has 2 aromatic carbocycles. The molecule has 1 aliphatic heterocycles. The van der Waals surface area contributed by atoms with Crippen molar-refractivity contribution >= 4 is 21.8 Å². The van der Waals surface area contributed by atoms with Crippen LogP contribution in [0.3, 0.4) is 0 Å². The number of anilines is 1. The van der Waals surface area contributed by atoms with Crippen LogP contribution in [0.25, 0.3) is 0 Å². The third kappa shape index (κ3) is 5.71. The van der Waals surface area contributed by atoms with Crippen LogP contribution in [0.5, 0.6) is 17.2 Å². The van der Waals surface area contributed by atoms with Crippen molar-refractivity contribution in [2.45, 2.75) is 44.1 Å². The molecule has 0 bridgehead atoms. The molecule has 2 aromatic rings. The zero-order valence-corrected chi connectivity index (χ0v) is 19.5. The average molecular weight is 476 g/mol. The highest BCUT2D eigenvalue weighted by atomic mass is 32.2. The summed E-state index contributed by atoms with van der Waals surface area (Å²) in [6.07, 6.45) is 5.64. The van der Waals surface area contributed by atoms with Gasteiger partial charge in [0.25, 0.3) is 0 Å². The van der Waals surface area contributed by atoms with Crippen LogP contribution >= 0.6 is 0 Å². The van der Waals surface area contributed by atoms with Gasteiger partial charge in [0.1, 0.15) is 23.9 Å². The van der Waals surface area contributed by atoms with Crippen molar-refractivity contribution in [3.63, 3.8) is 0 Å². The highest BCUT2D eigenvalue weighted by Gasteiger charge is 2.43. The summed E-state index contributed by atoms with van der Waals surface area (Å²) in [6, 6.07) is 12.7. The van der Waals surface area contributed by atoms with Gasteiger partial charge in [-0.3, -0.25) is 0 Å². The number of fused-ring (bicyclic) bond motifs is 1. The Kier molecular flexibility index (Phi) is 6.69. The number of nitrogens with zero attached hydrogens (tertiary/aromatic N) is 1. The maximum Gasteiger partial charge on any atom is 0.348 e. The van der Waals surface area contributed by atoms with Crippen LogP contribution in [0.2, 0.25) is 0 Å². The van der Waals surface area contributed by atoms with E-state index >= 15 is 0 Å². The summed E-state index contributed by atoms with van der Waals surface area (Å²) >= 11 is 0. The van der Waals surface area contributed by atoms with Crippen LogP contribution in [-0.2, 0) is 21.3 Å². The third-order valence-electron chi connectivity index (χ3n) is 6.07. The number of carbonyl (C=O) groups is 1. The van der Waals surface area contributed by atoms with Crippen LogP contribution in [0.4, 0.5) is 5.69 Å². The predicted octanol–water partition coefficient (Wildman–Crippen LogP) is 3.63. The van der Waals surface area contributed by atoms with Gasteiger partial charge in [0.2, 0.25) is 5.60 Å². The normalized spacial score (nSPS) is 17.2. The fraction of sp³-hybridized carbons (Fsp3) is 0.458. The topological polar surface area (TPSA) is 102 Å². The first kappa shape index (κ1) is 23.2. The molecule has 1 saturated carbocycles. The summed E-state index contributed by atoms with van der Waals surface area (Å²) in [7, 11) is -3.59. The molecule has 0 amide bonds. The van der Waals surface area contributed by atoms with Gasteiger partial charge in [-0.25, -0.2) is 4.79 Å². The number of ether oxygens (including phenoxy) is 2. The maximum atomic E-state index is 11.7. The summed E-state index contributed by atoms with van der Waals surface area (Å²) in [5, 5.41) is 9.58. The molecule has 0 aromatic heterocycles. The van der Waals surface area contributed by atoms with Gasteiger partial charge >= 0.3 is 16.1 Å². The van der Waals surface area contributed by atoms with Gasteiger partial charge < -0.3 is 23.7 Å². The van der Waals surface area contributed by atoms with E-state index in [0.717, 1.165) is 56.3 Å². The largest absolute Gasteiger partial charge is 0.489 e. The molecule has 1 aliphatic carbocycles. The molecule has 1 fully saturated rings. The van der Waals surface area contributed by atoms with Crippen molar-refractivity contribution in [3.05, 3.63) is 48.0 Å². The summed E-state index contributed by atoms with van der Waals surface area (Å²) < 4.78 is 39.2. The van der Waals surface area contributed by atoms with E-state index in [4.69, 9.17) is 13.7 Å². The van der Waals surface area contributed by atoms with Gasteiger partial charge in [-0.2, -0.15) is 8.42 Å². The van der Waals surface area contributed by atoms with E-state index < -0.39 is 21.7 Å². The Balaban J connectivity index is 1.32. The van der Waals surface area contributed by atoms with Gasteiger partial charge in [0.15, 0.2) is 0 Å². The molecular weight excluding hydrogens is 446 g/mol. The number of hydrogen-bond acceptors (Lipinski definition) is 7. The van der Waals surface area contributed by atoms with Crippen molar-refractivity contribution in [1.82, 2.24) is 0 Å². The SMILES string of the molecule is CS(=O)(=O)Oc1ccc2c(c1)OCCN2CCCc1ccc(OC2(C(=O)O)CCCC2)cc1. The van der Waals surface area contributed by atoms with Crippen molar-refractivity contribution in [1.29, 1.82) is 0 Å². The standard InChI is InChI=1S/C24H29NO7S/c1-33(28,29)32-20-10-11-21-22(17-20)30-16-15-25(21)14-4-5-18-6-8-19(9-7-18)31-24(23(26)27)12-2-3-13-24/h6-11,17H,2-5,12-16H2,1H3,(H,26,27). The molecule has 0 unspecified atom stereocenters. The minimum atomic E-state index is -3.59. The molecule has 2 aliphatic rings. The van der Waals surface area contributed by atoms with Gasteiger partial charge in [0, 0.05) is 12.6 Å². The lowest BCUT2D eigenvalue weighted by Crippen LogP contribution is -2.41. The molecule has 4 rings (SSSR count). The van der Waals surface area contributed by atoms with Gasteiger partial charge in [-0.1, -0.05) is 12.1 Å². The van der Waals surface area contributed by atoms with Crippen molar-refractivity contribution < 1.29 is 32.0 Å². The molecule has 0 atom stereocenters. The zero-order chi connectivity index (χ0) is 23.5. The Morgan fingerprint density at radius 1 is 1.12 bits per heavy atom. The van der Waals surface area contributed by atoms with Crippen molar-refractivity contribution in [3.8, 4) is 17.2 Å². The van der Waals surface area contributed by atoms with E-state index in [2.05, 4.69) is 4.90 Å². The zero-order valence-electron chi connectivity index (χ0n) is 18.7. The number of rotatable bonds is 9. The molecule has 0 saturated heterocycles. The maximum absolute atomic E-state index is 11.7. The fourth-order valence-corrected chi connectivity index (χ4v) is 4.90. The lowest BCUT2D eigenvalue weighted by Gasteiger charge is -2.31. The number of aliphatic carboxylic acids is 1. The Bertz CT molecular complexity index is 1090. The van der Waals surface area contributed by atoms with Crippen LogP contribution in [0, 0.1) is 0 Å². The summed E-state index contributed by atoms with van der Waals surface area (Å²) in [5.74, 6) is 0.563. The Morgan fingerprint density at radius 3 is 2.48 bits per heavy atom. The molecule has 1 heterocycles. The number of carboxylic acid groups (broad SMARTS) is 1. The highest BCUT2D eigenvalue weighted by molar-refractivity contribution is 7.86. The van der Waals surface area contributed by atoms with E-state index in [9.17, 15) is 18.3 Å². The molecule has 33 heavy (non-hydrogen) atoms. The van der Waals surface area contributed by atoms with Gasteiger partial charge in [-0.15, -0.1) is 0 Å². The van der Waals surface area contributed by atoms with E-state index in [-0.39, 0.29) is 5.75 Å². The minimum absolute atomic E-state index is 0.239. The van der Waals surface area contributed by atoms with E-state index in [1.807, 2.05) is 30.3 Å². The molecule has 0 radical (unpaired) electrons. The average Bonchev–Trinajstić information content (AvgIpc) is 3.24. The van der Waals surface area contributed by atoms with Crippen LogP contribution in [0.1, 0.15) is 37.7 Å². The molecule has 1 N–H and O–H groups in total. The van der Waals surface area contributed by atoms with E-state index in [0.29, 0.717) is 30.9 Å². The Hall–Kier alpha value is -2.94.